The molecule has 1 atom stereocenters. The van der Waals surface area contributed by atoms with Crippen molar-refractivity contribution in [3.05, 3.63) is 28.8 Å². The second-order valence-corrected chi connectivity index (χ2v) is 5.72. The van der Waals surface area contributed by atoms with Gasteiger partial charge in [0.2, 0.25) is 0 Å². The molecule has 1 saturated heterocycles. The smallest absolute Gasteiger partial charge is 0.330 e. The Balaban J connectivity index is 2.11. The van der Waals surface area contributed by atoms with Gasteiger partial charge in [0.15, 0.2) is 0 Å². The number of hydrogen-bond acceptors (Lipinski definition) is 2. The van der Waals surface area contributed by atoms with Crippen LogP contribution in [0.15, 0.2) is 18.2 Å². The molecular weight excluding hydrogens is 319 g/mol. The molecule has 0 aliphatic carbocycles. The van der Waals surface area contributed by atoms with Crippen molar-refractivity contribution < 1.29 is 18.0 Å². The van der Waals surface area contributed by atoms with Crippen LogP contribution in [0.3, 0.4) is 0 Å². The quantitative estimate of drug-likeness (QED) is 0.868. The zero-order valence-corrected chi connectivity index (χ0v) is 12.5. The number of urea groups is 1. The fourth-order valence-corrected chi connectivity index (χ4v) is 2.60. The molecule has 1 fully saturated rings. The van der Waals surface area contributed by atoms with E-state index in [2.05, 4.69) is 5.32 Å². The second-order valence-electron chi connectivity index (χ2n) is 5.31. The number of nitrogens with one attached hydrogen (secondary N) is 1. The highest BCUT2D eigenvalue weighted by molar-refractivity contribution is 6.33. The number of nitrogens with two attached hydrogens (primary N) is 1. The minimum atomic E-state index is -4.49. The van der Waals surface area contributed by atoms with Crippen molar-refractivity contribution in [2.45, 2.75) is 19.0 Å². The number of alkyl halides is 3. The number of rotatable bonds is 2. The van der Waals surface area contributed by atoms with Crippen molar-refractivity contribution in [1.82, 2.24) is 4.90 Å². The van der Waals surface area contributed by atoms with Crippen LogP contribution >= 0.6 is 11.6 Å². The number of carbonyl (C=O) groups excluding carboxylic acids is 1. The third kappa shape index (κ3) is 4.04. The maximum absolute atomic E-state index is 12.7. The number of piperidine rings is 1. The highest BCUT2D eigenvalue weighted by atomic mass is 35.5. The molecule has 1 heterocycles. The number of halogens is 4. The first-order valence-electron chi connectivity index (χ1n) is 6.94. The average Bonchev–Trinajstić information content (AvgIpc) is 2.48. The van der Waals surface area contributed by atoms with Gasteiger partial charge in [0, 0.05) is 13.1 Å². The fraction of sp³-hybridized carbons (Fsp3) is 0.500. The van der Waals surface area contributed by atoms with E-state index in [4.69, 9.17) is 17.3 Å². The van der Waals surface area contributed by atoms with Crippen LogP contribution in [0.2, 0.25) is 5.02 Å². The van der Waals surface area contributed by atoms with Crippen LogP contribution in [-0.4, -0.2) is 30.6 Å². The van der Waals surface area contributed by atoms with Crippen LogP contribution in [0, 0.1) is 5.92 Å². The summed E-state index contributed by atoms with van der Waals surface area (Å²) in [5.74, 6) is 0.219. The van der Waals surface area contributed by atoms with Crippen molar-refractivity contribution in [1.29, 1.82) is 0 Å². The predicted octanol–water partition coefficient (Wildman–Crippen LogP) is 3.56. The minimum absolute atomic E-state index is 0.0450. The van der Waals surface area contributed by atoms with Gasteiger partial charge in [-0.25, -0.2) is 4.79 Å². The Labute approximate surface area is 131 Å². The first-order valence-corrected chi connectivity index (χ1v) is 7.32. The number of benzene rings is 1. The maximum atomic E-state index is 12.7. The Morgan fingerprint density at radius 3 is 2.82 bits per heavy atom. The first-order chi connectivity index (χ1) is 10.3. The van der Waals surface area contributed by atoms with Gasteiger partial charge in [-0.05, 0) is 43.5 Å². The van der Waals surface area contributed by atoms with E-state index in [9.17, 15) is 18.0 Å². The molecule has 4 nitrogen and oxygen atoms in total. The van der Waals surface area contributed by atoms with Gasteiger partial charge in [-0.1, -0.05) is 11.6 Å². The fourth-order valence-electron chi connectivity index (χ4n) is 2.43. The van der Waals surface area contributed by atoms with Crippen molar-refractivity contribution in [2.24, 2.45) is 11.7 Å². The lowest BCUT2D eigenvalue weighted by Crippen LogP contribution is -2.44. The molecule has 1 unspecified atom stereocenters. The number of hydrogen-bond donors (Lipinski definition) is 2. The van der Waals surface area contributed by atoms with E-state index in [1.165, 1.54) is 0 Å². The Morgan fingerprint density at radius 1 is 1.45 bits per heavy atom. The summed E-state index contributed by atoms with van der Waals surface area (Å²) in [5, 5.41) is 2.51. The summed E-state index contributed by atoms with van der Waals surface area (Å²) >= 11 is 5.86. The molecule has 1 aromatic carbocycles. The molecule has 0 spiro atoms. The van der Waals surface area contributed by atoms with Crippen LogP contribution in [0.5, 0.6) is 0 Å². The number of likely N-dealkylation sites (tertiary alicyclic amines) is 1. The molecule has 0 aromatic heterocycles. The van der Waals surface area contributed by atoms with E-state index in [1.807, 2.05) is 0 Å². The first kappa shape index (κ1) is 16.9. The van der Waals surface area contributed by atoms with Gasteiger partial charge in [-0.15, -0.1) is 0 Å². The molecule has 1 aliphatic rings. The van der Waals surface area contributed by atoms with Crippen LogP contribution in [0.1, 0.15) is 18.4 Å². The average molecular weight is 336 g/mol. The molecule has 122 valence electrons. The van der Waals surface area contributed by atoms with Gasteiger partial charge in [0.25, 0.3) is 0 Å². The topological polar surface area (TPSA) is 58.4 Å². The standard InChI is InChI=1S/C14H17ClF3N3O/c15-11-4-3-10(14(16,17)18)6-12(11)20-13(22)21-5-1-2-9(7-19)8-21/h3-4,6,9H,1-2,5,7-8,19H2,(H,20,22). The van der Waals surface area contributed by atoms with Crippen LogP contribution < -0.4 is 11.1 Å². The monoisotopic (exact) mass is 335 g/mol. The number of carbonyl (C=O) groups is 1. The lowest BCUT2D eigenvalue weighted by molar-refractivity contribution is -0.137. The highest BCUT2D eigenvalue weighted by Crippen LogP contribution is 2.34. The summed E-state index contributed by atoms with van der Waals surface area (Å²) in [7, 11) is 0. The van der Waals surface area contributed by atoms with Gasteiger partial charge in [0.1, 0.15) is 0 Å². The molecule has 2 amide bonds. The summed E-state index contributed by atoms with van der Waals surface area (Å²) in [5.41, 5.74) is 4.70. The zero-order valence-electron chi connectivity index (χ0n) is 11.8. The lowest BCUT2D eigenvalue weighted by Gasteiger charge is -2.32. The largest absolute Gasteiger partial charge is 0.416 e. The van der Waals surface area contributed by atoms with E-state index in [0.29, 0.717) is 19.6 Å². The Morgan fingerprint density at radius 2 is 2.18 bits per heavy atom. The van der Waals surface area contributed by atoms with Crippen molar-refractivity contribution in [3.8, 4) is 0 Å². The van der Waals surface area contributed by atoms with Gasteiger partial charge in [-0.3, -0.25) is 0 Å². The predicted molar refractivity (Wildman–Crippen MR) is 78.8 cm³/mol. The van der Waals surface area contributed by atoms with Crippen LogP contribution in [0.25, 0.3) is 0 Å². The third-order valence-corrected chi connectivity index (χ3v) is 4.00. The summed E-state index contributed by atoms with van der Waals surface area (Å²) in [6.07, 6.45) is -2.71. The zero-order chi connectivity index (χ0) is 16.3. The normalized spacial score (nSPS) is 19.1. The molecule has 8 heteroatoms. The molecule has 3 N–H and O–H groups in total. The summed E-state index contributed by atoms with van der Waals surface area (Å²) < 4.78 is 38.1. The summed E-state index contributed by atoms with van der Waals surface area (Å²) in [6.45, 7) is 1.53. The number of nitrogens with zero attached hydrogens (tertiary/aromatic N) is 1. The summed E-state index contributed by atoms with van der Waals surface area (Å²) in [6, 6.07) is 2.38. The van der Waals surface area contributed by atoms with Crippen LogP contribution in [-0.2, 0) is 6.18 Å². The van der Waals surface area contributed by atoms with E-state index in [0.717, 1.165) is 31.0 Å². The van der Waals surface area contributed by atoms with Crippen molar-refractivity contribution in [3.63, 3.8) is 0 Å². The highest BCUT2D eigenvalue weighted by Gasteiger charge is 2.31. The number of anilines is 1. The molecular formula is C14H17ClF3N3O. The molecule has 1 aliphatic heterocycles. The summed E-state index contributed by atoms with van der Waals surface area (Å²) in [4.78, 5) is 13.7. The van der Waals surface area contributed by atoms with E-state index in [-0.39, 0.29) is 16.6 Å². The van der Waals surface area contributed by atoms with Crippen LogP contribution in [0.4, 0.5) is 23.7 Å². The lowest BCUT2D eigenvalue weighted by atomic mass is 9.99. The van der Waals surface area contributed by atoms with E-state index in [1.54, 1.807) is 4.90 Å². The second kappa shape index (κ2) is 6.75. The number of amides is 2. The van der Waals surface area contributed by atoms with Gasteiger partial charge < -0.3 is 16.0 Å². The van der Waals surface area contributed by atoms with Crippen molar-refractivity contribution >= 4 is 23.3 Å². The van der Waals surface area contributed by atoms with Gasteiger partial charge in [-0.2, -0.15) is 13.2 Å². The minimum Gasteiger partial charge on any atom is -0.330 e. The molecule has 1 aromatic rings. The SMILES string of the molecule is NCC1CCCN(C(=O)Nc2cc(C(F)(F)F)ccc2Cl)C1. The molecule has 22 heavy (non-hydrogen) atoms. The van der Waals surface area contributed by atoms with E-state index < -0.39 is 17.8 Å². The Kier molecular flexibility index (Phi) is 5.18. The van der Waals surface area contributed by atoms with E-state index >= 15 is 0 Å². The van der Waals surface area contributed by atoms with Crippen molar-refractivity contribution in [2.75, 3.05) is 25.0 Å². The maximum Gasteiger partial charge on any atom is 0.416 e. The third-order valence-electron chi connectivity index (χ3n) is 3.67. The van der Waals surface area contributed by atoms with Gasteiger partial charge in [0.05, 0.1) is 16.3 Å². The molecule has 0 saturated carbocycles. The Hall–Kier alpha value is -1.47. The molecule has 0 bridgehead atoms. The molecule has 0 radical (unpaired) electrons. The molecule has 2 rings (SSSR count). The van der Waals surface area contributed by atoms with Gasteiger partial charge >= 0.3 is 12.2 Å². The Bertz CT molecular complexity index is 551.